The Bertz CT molecular complexity index is 880. The van der Waals surface area contributed by atoms with E-state index in [1.54, 1.807) is 0 Å². The summed E-state index contributed by atoms with van der Waals surface area (Å²) < 4.78 is 36.9. The average Bonchev–Trinajstić information content (AvgIpc) is 2.45. The molecule has 0 aliphatic heterocycles. The molecule has 0 bridgehead atoms. The van der Waals surface area contributed by atoms with Crippen LogP contribution >= 0.6 is 0 Å². The number of hydrogen-bond donors (Lipinski definition) is 2. The number of benzene rings is 2. The lowest BCUT2D eigenvalue weighted by atomic mass is 9.99. The molecule has 7 heteroatoms. The molecule has 0 atom stereocenters. The summed E-state index contributed by atoms with van der Waals surface area (Å²) in [6.45, 7) is 5.61. The summed E-state index contributed by atoms with van der Waals surface area (Å²) in [5, 5.41) is 2.65. The fourth-order valence-electron chi connectivity index (χ4n) is 2.67. The van der Waals surface area contributed by atoms with Crippen LogP contribution in [0.3, 0.4) is 0 Å². The lowest BCUT2D eigenvalue weighted by molar-refractivity contribution is 0.102. The number of rotatable bonds is 4. The van der Waals surface area contributed by atoms with Gasteiger partial charge in [0, 0.05) is 5.56 Å². The monoisotopic (exact) mass is 349 g/mol. The van der Waals surface area contributed by atoms with Gasteiger partial charge in [-0.1, -0.05) is 17.7 Å². The summed E-state index contributed by atoms with van der Waals surface area (Å²) in [5.41, 5.74) is 3.36. The molecule has 0 saturated carbocycles. The van der Waals surface area contributed by atoms with Crippen molar-refractivity contribution >= 4 is 21.7 Å². The van der Waals surface area contributed by atoms with Gasteiger partial charge in [-0.2, -0.15) is 8.42 Å². The highest BCUT2D eigenvalue weighted by Gasteiger charge is 2.18. The zero-order valence-electron chi connectivity index (χ0n) is 13.9. The Hall–Kier alpha value is -2.38. The average molecular weight is 349 g/mol. The first-order valence-corrected chi connectivity index (χ1v) is 8.62. The molecule has 0 unspecified atom stereocenters. The summed E-state index contributed by atoms with van der Waals surface area (Å²) in [5.74, 6) is -0.0889. The molecule has 0 aliphatic carbocycles. The first-order valence-electron chi connectivity index (χ1n) is 7.18. The minimum Gasteiger partial charge on any atom is -0.495 e. The van der Waals surface area contributed by atoms with Crippen molar-refractivity contribution in [1.29, 1.82) is 0 Å². The van der Waals surface area contributed by atoms with Crippen molar-refractivity contribution in [2.75, 3.05) is 12.4 Å². The van der Waals surface area contributed by atoms with Gasteiger partial charge >= 0.3 is 0 Å². The first-order chi connectivity index (χ1) is 11.1. The van der Waals surface area contributed by atoms with E-state index in [-0.39, 0.29) is 22.2 Å². The van der Waals surface area contributed by atoms with E-state index in [2.05, 4.69) is 5.32 Å². The highest BCUT2D eigenvalue weighted by molar-refractivity contribution is 7.85. The number of methoxy groups -OCH3 is 1. The van der Waals surface area contributed by atoms with Crippen molar-refractivity contribution in [3.8, 4) is 5.75 Å². The van der Waals surface area contributed by atoms with Gasteiger partial charge in [0.2, 0.25) is 0 Å². The van der Waals surface area contributed by atoms with Crippen LogP contribution in [0.1, 0.15) is 27.0 Å². The normalized spacial score (nSPS) is 11.2. The summed E-state index contributed by atoms with van der Waals surface area (Å²) in [7, 11) is -2.98. The molecule has 2 rings (SSSR count). The standard InChI is InChI=1S/C17H19NO5S/c1-10-7-11(2)16(12(3)8-10)17(19)18-14-9-13(24(20,21)22)5-6-15(14)23-4/h5-9H,1-4H3,(H,18,19)(H,20,21,22). The van der Waals surface area contributed by atoms with Crippen LogP contribution in [0, 0.1) is 20.8 Å². The largest absolute Gasteiger partial charge is 0.495 e. The molecule has 128 valence electrons. The molecular formula is C17H19NO5S. The predicted octanol–water partition coefficient (Wildman–Crippen LogP) is 3.12. The number of anilines is 1. The fourth-order valence-corrected chi connectivity index (χ4v) is 3.18. The van der Waals surface area contributed by atoms with Crippen LogP contribution in [-0.2, 0) is 10.1 Å². The van der Waals surface area contributed by atoms with Gasteiger partial charge in [-0.05, 0) is 50.1 Å². The van der Waals surface area contributed by atoms with Crippen molar-refractivity contribution in [2.24, 2.45) is 0 Å². The lowest BCUT2D eigenvalue weighted by Crippen LogP contribution is -2.16. The maximum Gasteiger partial charge on any atom is 0.294 e. The maximum atomic E-state index is 12.6. The van der Waals surface area contributed by atoms with Crippen LogP contribution < -0.4 is 10.1 Å². The molecule has 0 aliphatic rings. The second kappa shape index (κ2) is 6.62. The number of carbonyl (C=O) groups excluding carboxylic acids is 1. The van der Waals surface area contributed by atoms with Crippen LogP contribution in [0.2, 0.25) is 0 Å². The summed E-state index contributed by atoms with van der Waals surface area (Å²) in [6, 6.07) is 7.52. The summed E-state index contributed by atoms with van der Waals surface area (Å²) in [4.78, 5) is 12.3. The van der Waals surface area contributed by atoms with Crippen LogP contribution in [0.5, 0.6) is 5.75 Å². The third-order valence-corrected chi connectivity index (χ3v) is 4.47. The molecule has 0 aromatic heterocycles. The van der Waals surface area contributed by atoms with E-state index in [1.165, 1.54) is 19.2 Å². The van der Waals surface area contributed by atoms with E-state index in [0.29, 0.717) is 5.56 Å². The number of ether oxygens (including phenoxy) is 1. The van der Waals surface area contributed by atoms with E-state index in [4.69, 9.17) is 9.29 Å². The van der Waals surface area contributed by atoms with E-state index < -0.39 is 10.1 Å². The highest BCUT2D eigenvalue weighted by Crippen LogP contribution is 2.28. The summed E-state index contributed by atoms with van der Waals surface area (Å²) >= 11 is 0. The molecule has 0 spiro atoms. The fraction of sp³-hybridized carbons (Fsp3) is 0.235. The second-order valence-electron chi connectivity index (χ2n) is 5.56. The number of nitrogens with one attached hydrogen (secondary N) is 1. The van der Waals surface area contributed by atoms with Gasteiger partial charge in [-0.25, -0.2) is 0 Å². The summed E-state index contributed by atoms with van der Waals surface area (Å²) in [6.07, 6.45) is 0. The minimum absolute atomic E-state index is 0.164. The Balaban J connectivity index is 2.46. The third-order valence-electron chi connectivity index (χ3n) is 3.62. The van der Waals surface area contributed by atoms with Crippen molar-refractivity contribution in [3.63, 3.8) is 0 Å². The predicted molar refractivity (Wildman–Crippen MR) is 91.4 cm³/mol. The van der Waals surface area contributed by atoms with Crippen molar-refractivity contribution in [2.45, 2.75) is 25.7 Å². The lowest BCUT2D eigenvalue weighted by Gasteiger charge is -2.14. The van der Waals surface area contributed by atoms with Crippen LogP contribution in [-0.4, -0.2) is 26.0 Å². The van der Waals surface area contributed by atoms with Crippen LogP contribution in [0.25, 0.3) is 0 Å². The van der Waals surface area contributed by atoms with Gasteiger partial charge in [0.1, 0.15) is 5.75 Å². The quantitative estimate of drug-likeness (QED) is 0.827. The molecule has 0 heterocycles. The molecule has 1 amide bonds. The van der Waals surface area contributed by atoms with Gasteiger partial charge in [0.05, 0.1) is 17.7 Å². The van der Waals surface area contributed by atoms with E-state index in [9.17, 15) is 13.2 Å². The molecule has 6 nitrogen and oxygen atoms in total. The van der Waals surface area contributed by atoms with Crippen molar-refractivity contribution in [3.05, 3.63) is 52.6 Å². The second-order valence-corrected chi connectivity index (χ2v) is 6.99. The van der Waals surface area contributed by atoms with Gasteiger partial charge in [0.25, 0.3) is 16.0 Å². The number of hydrogen-bond acceptors (Lipinski definition) is 4. The SMILES string of the molecule is COc1ccc(S(=O)(=O)O)cc1NC(=O)c1c(C)cc(C)cc1C. The highest BCUT2D eigenvalue weighted by atomic mass is 32.2. The molecule has 0 saturated heterocycles. The first kappa shape index (κ1) is 18.0. The van der Waals surface area contributed by atoms with Gasteiger partial charge in [0.15, 0.2) is 0 Å². The van der Waals surface area contributed by atoms with Gasteiger partial charge in [-0.15, -0.1) is 0 Å². The third kappa shape index (κ3) is 3.74. The Morgan fingerprint density at radius 2 is 1.67 bits per heavy atom. The topological polar surface area (TPSA) is 92.7 Å². The number of amides is 1. The molecule has 0 radical (unpaired) electrons. The smallest absolute Gasteiger partial charge is 0.294 e. The molecule has 0 fully saturated rings. The zero-order chi connectivity index (χ0) is 18.1. The van der Waals surface area contributed by atoms with E-state index in [0.717, 1.165) is 22.8 Å². The van der Waals surface area contributed by atoms with Gasteiger partial charge in [-0.3, -0.25) is 9.35 Å². The Labute approximate surface area is 141 Å². The van der Waals surface area contributed by atoms with Crippen LogP contribution in [0.15, 0.2) is 35.2 Å². The number of carbonyl (C=O) groups is 1. The molecule has 24 heavy (non-hydrogen) atoms. The molecule has 2 N–H and O–H groups in total. The van der Waals surface area contributed by atoms with Crippen molar-refractivity contribution in [1.82, 2.24) is 0 Å². The molecule has 2 aromatic rings. The molecule has 2 aromatic carbocycles. The number of aryl methyl sites for hydroxylation is 3. The van der Waals surface area contributed by atoms with Crippen molar-refractivity contribution < 1.29 is 22.5 Å². The van der Waals surface area contributed by atoms with E-state index in [1.807, 2.05) is 32.9 Å². The Morgan fingerprint density at radius 1 is 1.08 bits per heavy atom. The van der Waals surface area contributed by atoms with E-state index >= 15 is 0 Å². The van der Waals surface area contributed by atoms with Gasteiger partial charge < -0.3 is 10.1 Å². The maximum absolute atomic E-state index is 12.6. The Kier molecular flexibility index (Phi) is 4.96. The Morgan fingerprint density at radius 3 is 2.17 bits per heavy atom. The van der Waals surface area contributed by atoms with Crippen LogP contribution in [0.4, 0.5) is 5.69 Å². The minimum atomic E-state index is -4.38. The molecular weight excluding hydrogens is 330 g/mol. The zero-order valence-corrected chi connectivity index (χ0v) is 14.7.